The van der Waals surface area contributed by atoms with Crippen molar-refractivity contribution in [3.8, 4) is 5.82 Å². The van der Waals surface area contributed by atoms with Gasteiger partial charge in [-0.25, -0.2) is 9.97 Å². The Morgan fingerprint density at radius 2 is 2.00 bits per heavy atom. The van der Waals surface area contributed by atoms with E-state index in [9.17, 15) is 0 Å². The van der Waals surface area contributed by atoms with Crippen LogP contribution in [0.4, 0.5) is 5.82 Å². The fourth-order valence-corrected chi connectivity index (χ4v) is 2.92. The zero-order valence-electron chi connectivity index (χ0n) is 12.8. The molecule has 21 heavy (non-hydrogen) atoms. The third-order valence-corrected chi connectivity index (χ3v) is 4.16. The third kappa shape index (κ3) is 4.18. The zero-order chi connectivity index (χ0) is 15.2. The Bertz CT molecular complexity index is 579. The average molecular weight is 306 g/mol. The smallest absolute Gasteiger partial charge is 0.160 e. The van der Waals surface area contributed by atoms with Crippen LogP contribution in [-0.2, 0) is 0 Å². The first-order valence-corrected chi connectivity index (χ1v) is 8.12. The molecule has 0 radical (unpaired) electrons. The summed E-state index contributed by atoms with van der Waals surface area (Å²) in [6.45, 7) is 9.48. The van der Waals surface area contributed by atoms with E-state index in [1.165, 1.54) is 0 Å². The van der Waals surface area contributed by atoms with Crippen molar-refractivity contribution in [1.29, 1.82) is 0 Å². The van der Waals surface area contributed by atoms with E-state index in [0.717, 1.165) is 36.1 Å². The molecule has 0 aliphatic heterocycles. The molecule has 2 aromatic heterocycles. The lowest BCUT2D eigenvalue weighted by Gasteiger charge is -2.17. The van der Waals surface area contributed by atoms with Crippen molar-refractivity contribution in [2.45, 2.75) is 25.8 Å². The summed E-state index contributed by atoms with van der Waals surface area (Å²) in [5.41, 5.74) is 6.80. The predicted octanol–water partition coefficient (Wildman–Crippen LogP) is 1.99. The molecule has 2 N–H and O–H groups in total. The summed E-state index contributed by atoms with van der Waals surface area (Å²) < 4.78 is 1.64. The van der Waals surface area contributed by atoms with Gasteiger partial charge < -0.3 is 10.6 Å². The molecule has 0 bridgehead atoms. The molecule has 0 spiro atoms. The van der Waals surface area contributed by atoms with E-state index in [1.54, 1.807) is 22.8 Å². The van der Waals surface area contributed by atoms with E-state index >= 15 is 0 Å². The molecule has 114 valence electrons. The zero-order valence-corrected chi connectivity index (χ0v) is 13.6. The van der Waals surface area contributed by atoms with E-state index in [0.29, 0.717) is 11.6 Å². The van der Waals surface area contributed by atoms with Crippen LogP contribution >= 0.6 is 11.8 Å². The van der Waals surface area contributed by atoms with Gasteiger partial charge in [0.1, 0.15) is 17.2 Å². The number of anilines is 1. The van der Waals surface area contributed by atoms with Crippen LogP contribution in [0.2, 0.25) is 0 Å². The van der Waals surface area contributed by atoms with Crippen LogP contribution in [0.25, 0.3) is 5.82 Å². The summed E-state index contributed by atoms with van der Waals surface area (Å²) in [6.07, 6.45) is 1.56. The van der Waals surface area contributed by atoms with E-state index < -0.39 is 0 Å². The lowest BCUT2D eigenvalue weighted by molar-refractivity contribution is 0.324. The second-order valence-electron chi connectivity index (χ2n) is 4.71. The molecule has 0 atom stereocenters. The van der Waals surface area contributed by atoms with Gasteiger partial charge in [-0.05, 0) is 20.0 Å². The number of hydrogen-bond acceptors (Lipinski definition) is 6. The minimum absolute atomic E-state index is 0.588. The van der Waals surface area contributed by atoms with E-state index in [-0.39, 0.29) is 0 Å². The van der Waals surface area contributed by atoms with Gasteiger partial charge in [0, 0.05) is 24.4 Å². The number of nitrogens with two attached hydrogens (primary N) is 1. The molecule has 7 heteroatoms. The predicted molar refractivity (Wildman–Crippen MR) is 86.8 cm³/mol. The van der Waals surface area contributed by atoms with Gasteiger partial charge >= 0.3 is 0 Å². The highest BCUT2D eigenvalue weighted by Crippen LogP contribution is 2.18. The van der Waals surface area contributed by atoms with Crippen LogP contribution in [0.15, 0.2) is 23.5 Å². The molecule has 0 unspecified atom stereocenters. The monoisotopic (exact) mass is 306 g/mol. The molecule has 0 aromatic carbocycles. The van der Waals surface area contributed by atoms with Crippen molar-refractivity contribution in [2.24, 2.45) is 0 Å². The lowest BCUT2D eigenvalue weighted by Crippen LogP contribution is -2.25. The second-order valence-corrected chi connectivity index (χ2v) is 5.83. The summed E-state index contributed by atoms with van der Waals surface area (Å²) in [7, 11) is 0. The molecule has 2 aromatic rings. The molecule has 0 amide bonds. The standard InChI is InChI=1S/C14H22N6S/c1-4-19(5-2)6-7-21-14-9-13(16-10-17-14)20-12(15)8-11(3)18-20/h8-10H,4-7,15H2,1-3H3. The maximum absolute atomic E-state index is 5.93. The Kier molecular flexibility index (Phi) is 5.58. The molecule has 0 saturated heterocycles. The topological polar surface area (TPSA) is 72.9 Å². The summed E-state index contributed by atoms with van der Waals surface area (Å²) in [4.78, 5) is 10.9. The normalized spacial score (nSPS) is 11.2. The van der Waals surface area contributed by atoms with E-state index in [1.807, 2.05) is 19.1 Å². The summed E-state index contributed by atoms with van der Waals surface area (Å²) in [5, 5.41) is 5.28. The molecule has 2 rings (SSSR count). The van der Waals surface area contributed by atoms with E-state index in [4.69, 9.17) is 5.73 Å². The quantitative estimate of drug-likeness (QED) is 0.623. The van der Waals surface area contributed by atoms with Gasteiger partial charge in [-0.3, -0.25) is 0 Å². The Hall–Kier alpha value is -1.60. The third-order valence-electron chi connectivity index (χ3n) is 3.26. The number of thioether (sulfide) groups is 1. The molecule has 2 heterocycles. The fourth-order valence-electron chi connectivity index (χ4n) is 2.05. The van der Waals surface area contributed by atoms with Gasteiger partial charge in [-0.15, -0.1) is 11.8 Å². The van der Waals surface area contributed by atoms with Gasteiger partial charge in [0.05, 0.1) is 5.69 Å². The molecule has 0 saturated carbocycles. The van der Waals surface area contributed by atoms with Crippen molar-refractivity contribution in [3.63, 3.8) is 0 Å². The van der Waals surface area contributed by atoms with Crippen LogP contribution in [0.1, 0.15) is 19.5 Å². The summed E-state index contributed by atoms with van der Waals surface area (Å²) in [5.74, 6) is 2.30. The SMILES string of the molecule is CCN(CC)CCSc1cc(-n2nc(C)cc2N)ncn1. The summed E-state index contributed by atoms with van der Waals surface area (Å²) >= 11 is 1.73. The average Bonchev–Trinajstić information content (AvgIpc) is 2.83. The lowest BCUT2D eigenvalue weighted by atomic mass is 10.5. The molecule has 0 aliphatic carbocycles. The van der Waals surface area contributed by atoms with Gasteiger partial charge in [-0.2, -0.15) is 9.78 Å². The van der Waals surface area contributed by atoms with E-state index in [2.05, 4.69) is 33.8 Å². The number of nitrogens with zero attached hydrogens (tertiary/aromatic N) is 5. The first kappa shape index (κ1) is 15.8. The van der Waals surface area contributed by atoms with Crippen LogP contribution in [0.5, 0.6) is 0 Å². The highest BCUT2D eigenvalue weighted by atomic mass is 32.2. The molecule has 0 fully saturated rings. The minimum Gasteiger partial charge on any atom is -0.384 e. The Morgan fingerprint density at radius 3 is 2.62 bits per heavy atom. The maximum Gasteiger partial charge on any atom is 0.160 e. The highest BCUT2D eigenvalue weighted by molar-refractivity contribution is 7.99. The molecule has 0 aliphatic rings. The Balaban J connectivity index is 2.03. The highest BCUT2D eigenvalue weighted by Gasteiger charge is 2.08. The Labute approximate surface area is 129 Å². The fraction of sp³-hybridized carbons (Fsp3) is 0.500. The molecular weight excluding hydrogens is 284 g/mol. The second kappa shape index (κ2) is 7.42. The van der Waals surface area contributed by atoms with Crippen molar-refractivity contribution >= 4 is 17.6 Å². The number of aryl methyl sites for hydroxylation is 1. The van der Waals surface area contributed by atoms with Gasteiger partial charge in [0.2, 0.25) is 0 Å². The number of rotatable bonds is 7. The largest absolute Gasteiger partial charge is 0.384 e. The number of nitrogen functional groups attached to an aromatic ring is 1. The minimum atomic E-state index is 0.588. The van der Waals surface area contributed by atoms with Gasteiger partial charge in [-0.1, -0.05) is 13.8 Å². The summed E-state index contributed by atoms with van der Waals surface area (Å²) in [6, 6.07) is 3.75. The van der Waals surface area contributed by atoms with Crippen LogP contribution in [0.3, 0.4) is 0 Å². The van der Waals surface area contributed by atoms with Crippen molar-refractivity contribution in [1.82, 2.24) is 24.6 Å². The van der Waals surface area contributed by atoms with Crippen LogP contribution in [0, 0.1) is 6.92 Å². The van der Waals surface area contributed by atoms with Crippen LogP contribution in [-0.4, -0.2) is 50.0 Å². The molecular formula is C14H22N6S. The molecule has 6 nitrogen and oxygen atoms in total. The van der Waals surface area contributed by atoms with Crippen LogP contribution < -0.4 is 5.73 Å². The number of aromatic nitrogens is 4. The van der Waals surface area contributed by atoms with Crippen molar-refractivity contribution in [3.05, 3.63) is 24.2 Å². The van der Waals surface area contributed by atoms with Crippen molar-refractivity contribution in [2.75, 3.05) is 31.1 Å². The first-order valence-electron chi connectivity index (χ1n) is 7.13. The van der Waals surface area contributed by atoms with Gasteiger partial charge in [0.25, 0.3) is 0 Å². The van der Waals surface area contributed by atoms with Crippen molar-refractivity contribution < 1.29 is 0 Å². The Morgan fingerprint density at radius 1 is 1.24 bits per heavy atom. The van der Waals surface area contributed by atoms with Gasteiger partial charge in [0.15, 0.2) is 5.82 Å². The first-order chi connectivity index (χ1) is 10.1. The number of hydrogen-bond donors (Lipinski definition) is 1. The maximum atomic E-state index is 5.93.